The number of nitriles is 1. The number of nitrogens with zero attached hydrogens (tertiary/aromatic N) is 1. The van der Waals surface area contributed by atoms with E-state index in [1.807, 2.05) is 36.4 Å². The molecule has 2 aromatic carbocycles. The number of benzene rings is 2. The Morgan fingerprint density at radius 1 is 1.19 bits per heavy atom. The highest BCUT2D eigenvalue weighted by molar-refractivity contribution is 5.60. The summed E-state index contributed by atoms with van der Waals surface area (Å²) >= 11 is 0. The molecule has 1 aliphatic heterocycles. The van der Waals surface area contributed by atoms with E-state index < -0.39 is 23.9 Å². The minimum atomic E-state index is -1.88. The molecule has 2 atom stereocenters. The van der Waals surface area contributed by atoms with E-state index in [0.29, 0.717) is 6.42 Å². The second-order valence-corrected chi connectivity index (χ2v) is 7.32. The third kappa shape index (κ3) is 3.72. The van der Waals surface area contributed by atoms with Crippen LogP contribution < -0.4 is 10.6 Å². The number of fused-ring (bicyclic) bond motifs is 2. The summed E-state index contributed by atoms with van der Waals surface area (Å²) in [5, 5.41) is 15.1. The van der Waals surface area contributed by atoms with Crippen LogP contribution in [0.15, 0.2) is 59.9 Å². The Hall–Kier alpha value is -2.71. The molecular weight excluding hydrogens is 344 g/mol. The predicted molar refractivity (Wildman–Crippen MR) is 104 cm³/mol. The fourth-order valence-electron chi connectivity index (χ4n) is 3.73. The predicted octanol–water partition coefficient (Wildman–Crippen LogP) is 4.96. The lowest BCUT2D eigenvalue weighted by Gasteiger charge is -2.36. The van der Waals surface area contributed by atoms with Gasteiger partial charge in [0.2, 0.25) is 0 Å². The Balaban J connectivity index is 2.03. The number of para-hydroxylation sites is 1. The molecule has 3 nitrogen and oxygen atoms in total. The quantitative estimate of drug-likeness (QED) is 0.595. The lowest BCUT2D eigenvalue weighted by Crippen LogP contribution is -2.45. The van der Waals surface area contributed by atoms with Crippen LogP contribution in [0.25, 0.3) is 0 Å². The molecule has 0 aliphatic carbocycles. The van der Waals surface area contributed by atoms with Gasteiger partial charge in [-0.2, -0.15) is 5.26 Å². The molecule has 1 heterocycles. The van der Waals surface area contributed by atoms with E-state index in [4.69, 9.17) is 5.26 Å². The zero-order valence-corrected chi connectivity index (χ0v) is 15.7. The number of hydrogen-bond acceptors (Lipinski definition) is 3. The van der Waals surface area contributed by atoms with E-state index in [9.17, 15) is 8.78 Å². The number of anilines is 1. The van der Waals surface area contributed by atoms with Gasteiger partial charge in [0.15, 0.2) is 6.30 Å². The highest BCUT2D eigenvalue weighted by atomic mass is 19.1. The van der Waals surface area contributed by atoms with Gasteiger partial charge in [0.25, 0.3) is 0 Å². The zero-order chi connectivity index (χ0) is 19.6. The lowest BCUT2D eigenvalue weighted by atomic mass is 9.74. The Morgan fingerprint density at radius 2 is 1.81 bits per heavy atom. The Bertz CT molecular complexity index is 856. The number of nitrogens with one attached hydrogen (secondary N) is 2. The molecule has 2 aromatic rings. The van der Waals surface area contributed by atoms with Gasteiger partial charge in [0, 0.05) is 17.5 Å². The molecule has 3 rings (SSSR count). The molecule has 27 heavy (non-hydrogen) atoms. The van der Waals surface area contributed by atoms with E-state index >= 15 is 0 Å². The minimum absolute atomic E-state index is 0.229. The largest absolute Gasteiger partial charge is 0.369 e. The first-order valence-corrected chi connectivity index (χ1v) is 8.95. The molecule has 0 spiro atoms. The third-order valence-corrected chi connectivity index (χ3v) is 5.14. The number of alkyl halides is 1. The lowest BCUT2D eigenvalue weighted by molar-refractivity contribution is 0.292. The van der Waals surface area contributed by atoms with E-state index in [0.717, 1.165) is 23.7 Å². The van der Waals surface area contributed by atoms with Gasteiger partial charge in [-0.1, -0.05) is 56.3 Å². The number of rotatable bonds is 3. The van der Waals surface area contributed by atoms with Gasteiger partial charge in [0.05, 0.1) is 6.17 Å². The number of allylic oxidation sites excluding steroid dienone is 1. The van der Waals surface area contributed by atoms with E-state index in [-0.39, 0.29) is 5.41 Å². The third-order valence-electron chi connectivity index (χ3n) is 5.14. The summed E-state index contributed by atoms with van der Waals surface area (Å²) in [7, 11) is 0. The fourth-order valence-corrected chi connectivity index (χ4v) is 3.73. The standard InChI is InChI=1S/C22H23F2N3/c1-14(23)16(13-25)21(24)27-20-12-15-8-4-5-9-17(15)22(2,3)18-10-6-7-11-19(18)26-20/h4-11,20-21,26-27H,12H2,1-3H3/b16-14+. The van der Waals surface area contributed by atoms with Crippen LogP contribution in [0.2, 0.25) is 0 Å². The normalized spacial score (nSPS) is 19.9. The molecule has 0 saturated carbocycles. The van der Waals surface area contributed by atoms with Crippen molar-refractivity contribution in [1.29, 1.82) is 5.26 Å². The Labute approximate surface area is 158 Å². The van der Waals surface area contributed by atoms with Crippen molar-refractivity contribution in [3.63, 3.8) is 0 Å². The average Bonchev–Trinajstić information content (AvgIpc) is 2.61. The average molecular weight is 367 g/mol. The Kier molecular flexibility index (Phi) is 5.29. The maximum absolute atomic E-state index is 14.6. The van der Waals surface area contributed by atoms with E-state index in [1.54, 1.807) is 6.07 Å². The molecule has 0 saturated heterocycles. The van der Waals surface area contributed by atoms with Crippen molar-refractivity contribution in [1.82, 2.24) is 5.32 Å². The van der Waals surface area contributed by atoms with Crippen LogP contribution in [0.3, 0.4) is 0 Å². The molecule has 2 N–H and O–H groups in total. The highest BCUT2D eigenvalue weighted by Crippen LogP contribution is 2.39. The van der Waals surface area contributed by atoms with Crippen LogP contribution in [0.1, 0.15) is 37.5 Å². The summed E-state index contributed by atoms with van der Waals surface area (Å²) in [6, 6.07) is 17.6. The van der Waals surface area contributed by atoms with Crippen molar-refractivity contribution in [2.75, 3.05) is 5.32 Å². The topological polar surface area (TPSA) is 47.9 Å². The second-order valence-electron chi connectivity index (χ2n) is 7.32. The zero-order valence-electron chi connectivity index (χ0n) is 15.7. The number of halogens is 2. The van der Waals surface area contributed by atoms with Gasteiger partial charge >= 0.3 is 0 Å². The summed E-state index contributed by atoms with van der Waals surface area (Å²) in [5.41, 5.74) is 3.47. The fraction of sp³-hybridized carbons (Fsp3) is 0.318. The highest BCUT2D eigenvalue weighted by Gasteiger charge is 2.32. The van der Waals surface area contributed by atoms with E-state index in [2.05, 4.69) is 36.6 Å². The SMILES string of the molecule is C/C(F)=C(/C#N)C(F)NC1Cc2ccccc2C(C)(C)c2ccccc2N1. The molecular formula is C22H23F2N3. The first-order valence-electron chi connectivity index (χ1n) is 8.95. The van der Waals surface area contributed by atoms with Crippen molar-refractivity contribution >= 4 is 5.69 Å². The first kappa shape index (κ1) is 19.1. The molecule has 0 aromatic heterocycles. The van der Waals surface area contributed by atoms with Crippen LogP contribution in [0.5, 0.6) is 0 Å². The van der Waals surface area contributed by atoms with Crippen LogP contribution in [-0.4, -0.2) is 12.5 Å². The van der Waals surface area contributed by atoms with Crippen LogP contribution >= 0.6 is 0 Å². The molecule has 140 valence electrons. The molecule has 0 radical (unpaired) electrons. The van der Waals surface area contributed by atoms with Crippen molar-refractivity contribution in [2.45, 2.75) is 45.1 Å². The smallest absolute Gasteiger partial charge is 0.190 e. The number of hydrogen-bond donors (Lipinski definition) is 2. The van der Waals surface area contributed by atoms with Crippen molar-refractivity contribution in [3.05, 3.63) is 76.6 Å². The summed E-state index contributed by atoms with van der Waals surface area (Å²) in [4.78, 5) is 0. The molecule has 5 heteroatoms. The first-order chi connectivity index (χ1) is 12.8. The van der Waals surface area contributed by atoms with Gasteiger partial charge in [0.1, 0.15) is 17.5 Å². The summed E-state index contributed by atoms with van der Waals surface area (Å²) in [6.45, 7) is 5.42. The van der Waals surface area contributed by atoms with E-state index in [1.165, 1.54) is 5.56 Å². The summed E-state index contributed by atoms with van der Waals surface area (Å²) in [5.74, 6) is -0.815. The van der Waals surface area contributed by atoms with Crippen molar-refractivity contribution in [3.8, 4) is 6.07 Å². The maximum Gasteiger partial charge on any atom is 0.190 e. The summed E-state index contributed by atoms with van der Waals surface area (Å²) in [6.07, 6.45) is -1.89. The van der Waals surface area contributed by atoms with Gasteiger partial charge < -0.3 is 5.32 Å². The maximum atomic E-state index is 14.6. The van der Waals surface area contributed by atoms with Crippen LogP contribution in [0.4, 0.5) is 14.5 Å². The van der Waals surface area contributed by atoms with Gasteiger partial charge in [-0.15, -0.1) is 0 Å². The summed E-state index contributed by atoms with van der Waals surface area (Å²) < 4.78 is 28.0. The van der Waals surface area contributed by atoms with Crippen LogP contribution in [-0.2, 0) is 11.8 Å². The molecule has 1 aliphatic rings. The molecule has 2 unspecified atom stereocenters. The van der Waals surface area contributed by atoms with Gasteiger partial charge in [-0.25, -0.2) is 8.78 Å². The van der Waals surface area contributed by atoms with Crippen molar-refractivity contribution < 1.29 is 8.78 Å². The monoisotopic (exact) mass is 367 g/mol. The second kappa shape index (κ2) is 7.50. The molecule has 0 amide bonds. The minimum Gasteiger partial charge on any atom is -0.369 e. The molecule has 0 bridgehead atoms. The van der Waals surface area contributed by atoms with Gasteiger partial charge in [-0.3, -0.25) is 5.32 Å². The van der Waals surface area contributed by atoms with Crippen LogP contribution in [0, 0.1) is 11.3 Å². The van der Waals surface area contributed by atoms with Crippen molar-refractivity contribution in [2.24, 2.45) is 0 Å². The Morgan fingerprint density at radius 3 is 2.48 bits per heavy atom. The molecule has 0 fully saturated rings. The van der Waals surface area contributed by atoms with Gasteiger partial charge in [-0.05, 0) is 29.7 Å².